The van der Waals surface area contributed by atoms with Gasteiger partial charge in [0, 0.05) is 0 Å². The fourth-order valence-electron chi connectivity index (χ4n) is 1.99. The van der Waals surface area contributed by atoms with Gasteiger partial charge in [0.2, 0.25) is 0 Å². The Labute approximate surface area is 139 Å². The summed E-state index contributed by atoms with van der Waals surface area (Å²) >= 11 is 6.87. The summed E-state index contributed by atoms with van der Waals surface area (Å²) in [4.78, 5) is 3.68. The van der Waals surface area contributed by atoms with Crippen molar-refractivity contribution in [1.29, 1.82) is 0 Å². The van der Waals surface area contributed by atoms with E-state index in [0.717, 1.165) is 15.2 Å². The fourth-order valence-corrected chi connectivity index (χ4v) is 4.22. The Kier molecular flexibility index (Phi) is 4.54. The van der Waals surface area contributed by atoms with E-state index in [1.807, 2.05) is 17.5 Å². The number of halogens is 1. The van der Waals surface area contributed by atoms with Crippen LogP contribution in [0.3, 0.4) is 0 Å². The van der Waals surface area contributed by atoms with Crippen molar-refractivity contribution in [2.24, 2.45) is 0 Å². The molecule has 0 aromatic carbocycles. The van der Waals surface area contributed by atoms with Gasteiger partial charge in [0.05, 0.1) is 20.6 Å². The molecule has 0 radical (unpaired) electrons. The van der Waals surface area contributed by atoms with Gasteiger partial charge >= 0.3 is 0 Å². The molecule has 0 spiro atoms. The summed E-state index contributed by atoms with van der Waals surface area (Å²) in [5.74, 6) is 1.30. The van der Waals surface area contributed by atoms with Crippen LogP contribution in [0.5, 0.6) is 0 Å². The van der Waals surface area contributed by atoms with Crippen LogP contribution in [0.2, 0.25) is 0 Å². The monoisotopic (exact) mass is 384 g/mol. The molecular formula is C14H15BrN3OS2+. The number of aromatic nitrogens is 2. The molecular weight excluding hydrogens is 370 g/mol. The summed E-state index contributed by atoms with van der Waals surface area (Å²) in [5.41, 5.74) is 0. The lowest BCUT2D eigenvalue weighted by Gasteiger charge is -2.17. The third-order valence-electron chi connectivity index (χ3n) is 3.36. The maximum absolute atomic E-state index is 5.82. The Hall–Kier alpha value is -1.02. The zero-order valence-electron chi connectivity index (χ0n) is 11.7. The molecule has 1 unspecified atom stereocenters. The van der Waals surface area contributed by atoms with E-state index in [9.17, 15) is 0 Å². The van der Waals surface area contributed by atoms with E-state index in [4.69, 9.17) is 4.42 Å². The smallest absolute Gasteiger partial charge is 0.274 e. The minimum atomic E-state index is 0.159. The number of nitrogens with one attached hydrogen (secondary N) is 1. The molecule has 3 heterocycles. The van der Waals surface area contributed by atoms with Crippen LogP contribution in [0.25, 0.3) is 10.8 Å². The van der Waals surface area contributed by atoms with Crippen molar-refractivity contribution in [2.45, 2.75) is 19.5 Å². The topological polar surface area (TPSA) is 43.4 Å². The van der Waals surface area contributed by atoms with E-state index >= 15 is 0 Å². The molecule has 0 saturated carbocycles. The first kappa shape index (κ1) is 14.9. The number of quaternary nitrogens is 1. The number of hydrogen-bond donors (Lipinski definition) is 1. The van der Waals surface area contributed by atoms with Crippen molar-refractivity contribution < 1.29 is 9.32 Å². The normalized spacial score (nSPS) is 14.2. The quantitative estimate of drug-likeness (QED) is 0.732. The van der Waals surface area contributed by atoms with E-state index in [2.05, 4.69) is 52.2 Å². The summed E-state index contributed by atoms with van der Waals surface area (Å²) < 4.78 is 6.98. The Morgan fingerprint density at radius 1 is 1.33 bits per heavy atom. The molecule has 4 nitrogen and oxygen atoms in total. The maximum Gasteiger partial charge on any atom is 0.274 e. The van der Waals surface area contributed by atoms with Crippen LogP contribution >= 0.6 is 38.6 Å². The molecule has 2 atom stereocenters. The molecule has 3 rings (SSSR count). The SMILES string of the molecule is C[C@@H](c1nnc(-c2cccs2)o1)[NH+](C)Cc1ccc(Br)s1. The molecule has 0 aliphatic rings. The van der Waals surface area contributed by atoms with Crippen molar-refractivity contribution in [3.63, 3.8) is 0 Å². The van der Waals surface area contributed by atoms with Crippen LogP contribution in [0.1, 0.15) is 23.7 Å². The lowest BCUT2D eigenvalue weighted by atomic mass is 10.3. The molecule has 110 valence electrons. The average Bonchev–Trinajstić information content (AvgIpc) is 3.18. The number of rotatable bonds is 5. The van der Waals surface area contributed by atoms with E-state index in [1.165, 1.54) is 9.78 Å². The molecule has 3 aromatic heterocycles. The van der Waals surface area contributed by atoms with Crippen molar-refractivity contribution in [3.8, 4) is 10.8 Å². The summed E-state index contributed by atoms with van der Waals surface area (Å²) in [5, 5.41) is 10.4. The minimum absolute atomic E-state index is 0.159. The number of nitrogens with zero attached hydrogens (tertiary/aromatic N) is 2. The van der Waals surface area contributed by atoms with Crippen molar-refractivity contribution in [1.82, 2.24) is 10.2 Å². The maximum atomic E-state index is 5.82. The summed E-state index contributed by atoms with van der Waals surface area (Å²) in [6, 6.07) is 8.37. The predicted octanol–water partition coefficient (Wildman–Crippen LogP) is 3.40. The first-order valence-electron chi connectivity index (χ1n) is 6.57. The van der Waals surface area contributed by atoms with E-state index < -0.39 is 0 Å². The van der Waals surface area contributed by atoms with Gasteiger partial charge in [0.15, 0.2) is 6.04 Å². The van der Waals surface area contributed by atoms with Gasteiger partial charge in [0.25, 0.3) is 11.8 Å². The first-order chi connectivity index (χ1) is 10.1. The molecule has 0 saturated heterocycles. The summed E-state index contributed by atoms with van der Waals surface area (Å²) in [6.07, 6.45) is 0. The fraction of sp³-hybridized carbons (Fsp3) is 0.286. The van der Waals surface area contributed by atoms with E-state index in [-0.39, 0.29) is 6.04 Å². The van der Waals surface area contributed by atoms with E-state index in [1.54, 1.807) is 22.7 Å². The zero-order valence-corrected chi connectivity index (χ0v) is 14.9. The van der Waals surface area contributed by atoms with Crippen LogP contribution in [-0.4, -0.2) is 17.2 Å². The average molecular weight is 385 g/mol. The van der Waals surface area contributed by atoms with Gasteiger partial charge in [-0.2, -0.15) is 0 Å². The van der Waals surface area contributed by atoms with Crippen LogP contribution in [0.15, 0.2) is 37.8 Å². The highest BCUT2D eigenvalue weighted by Crippen LogP contribution is 2.24. The molecule has 0 aliphatic carbocycles. The zero-order chi connectivity index (χ0) is 14.8. The van der Waals surface area contributed by atoms with Gasteiger partial charge in [-0.1, -0.05) is 6.07 Å². The minimum Gasteiger partial charge on any atom is -0.414 e. The second kappa shape index (κ2) is 6.39. The van der Waals surface area contributed by atoms with Gasteiger partial charge in [-0.25, -0.2) is 0 Å². The lowest BCUT2D eigenvalue weighted by molar-refractivity contribution is -0.925. The molecule has 0 amide bonds. The highest BCUT2D eigenvalue weighted by Gasteiger charge is 2.23. The molecule has 7 heteroatoms. The Morgan fingerprint density at radius 3 is 2.86 bits per heavy atom. The molecule has 0 bridgehead atoms. The van der Waals surface area contributed by atoms with Crippen LogP contribution in [-0.2, 0) is 6.54 Å². The second-order valence-corrected chi connectivity index (χ2v) is 8.37. The number of thiophene rings is 2. The van der Waals surface area contributed by atoms with Gasteiger partial charge in [-0.15, -0.1) is 32.9 Å². The molecule has 3 aromatic rings. The number of hydrogen-bond acceptors (Lipinski definition) is 5. The van der Waals surface area contributed by atoms with Crippen molar-refractivity contribution >= 4 is 38.6 Å². The molecule has 1 N–H and O–H groups in total. The van der Waals surface area contributed by atoms with Crippen LogP contribution < -0.4 is 4.90 Å². The van der Waals surface area contributed by atoms with Crippen molar-refractivity contribution in [3.05, 3.63) is 44.2 Å². The van der Waals surface area contributed by atoms with Gasteiger partial charge in [-0.05, 0) is 46.4 Å². The Balaban J connectivity index is 1.71. The molecule has 0 fully saturated rings. The molecule has 21 heavy (non-hydrogen) atoms. The Bertz CT molecular complexity index is 707. The second-order valence-electron chi connectivity index (χ2n) is 4.87. The third-order valence-corrected chi connectivity index (χ3v) is 5.85. The first-order valence-corrected chi connectivity index (χ1v) is 9.06. The predicted molar refractivity (Wildman–Crippen MR) is 88.6 cm³/mol. The largest absolute Gasteiger partial charge is 0.414 e. The van der Waals surface area contributed by atoms with Crippen LogP contribution in [0, 0.1) is 0 Å². The highest BCUT2D eigenvalue weighted by atomic mass is 79.9. The van der Waals surface area contributed by atoms with Gasteiger partial charge < -0.3 is 9.32 Å². The summed E-state index contributed by atoms with van der Waals surface area (Å²) in [6.45, 7) is 3.05. The third kappa shape index (κ3) is 3.42. The standard InChI is InChI=1S/C14H14BrN3OS2/c1-9(18(2)8-10-5-6-12(15)21-10)13-16-17-14(19-13)11-4-3-7-20-11/h3-7,9H,8H2,1-2H3/p+1/t9-/m0/s1. The van der Waals surface area contributed by atoms with Gasteiger partial charge in [0.1, 0.15) is 6.54 Å². The highest BCUT2D eigenvalue weighted by molar-refractivity contribution is 9.11. The lowest BCUT2D eigenvalue weighted by Crippen LogP contribution is -3.07. The molecule has 0 aliphatic heterocycles. The van der Waals surface area contributed by atoms with Crippen LogP contribution in [0.4, 0.5) is 0 Å². The summed E-state index contributed by atoms with van der Waals surface area (Å²) in [7, 11) is 2.15. The van der Waals surface area contributed by atoms with Crippen molar-refractivity contribution in [2.75, 3.05) is 7.05 Å². The van der Waals surface area contributed by atoms with Gasteiger partial charge in [-0.3, -0.25) is 0 Å². The Morgan fingerprint density at radius 2 is 2.19 bits per heavy atom. The van der Waals surface area contributed by atoms with E-state index in [0.29, 0.717) is 11.8 Å².